The summed E-state index contributed by atoms with van der Waals surface area (Å²) in [6.45, 7) is 13.2. The molecule has 1 aromatic rings. The molecule has 0 fully saturated rings. The zero-order valence-corrected chi connectivity index (χ0v) is 14.1. The van der Waals surface area contributed by atoms with Crippen LogP contribution in [0.5, 0.6) is 5.75 Å². The van der Waals surface area contributed by atoms with Crippen LogP contribution in [0.4, 0.5) is 0 Å². The third-order valence-electron chi connectivity index (χ3n) is 3.55. The SMILES string of the molecule is COc1ccc(C(C)(C)CC(C)(C)C)cc1CC(C)O. The molecule has 1 rings (SSSR count). The summed E-state index contributed by atoms with van der Waals surface area (Å²) >= 11 is 0. The molecule has 2 nitrogen and oxygen atoms in total. The van der Waals surface area contributed by atoms with Crippen molar-refractivity contribution in [1.82, 2.24) is 0 Å². The van der Waals surface area contributed by atoms with Crippen LogP contribution in [-0.2, 0) is 11.8 Å². The average Bonchev–Trinajstić information content (AvgIpc) is 2.24. The summed E-state index contributed by atoms with van der Waals surface area (Å²) in [7, 11) is 1.68. The largest absolute Gasteiger partial charge is 0.496 e. The molecular formula is C18H30O2. The topological polar surface area (TPSA) is 29.5 Å². The minimum absolute atomic E-state index is 0.109. The van der Waals surface area contributed by atoms with Gasteiger partial charge in [0.1, 0.15) is 5.75 Å². The molecule has 0 aliphatic heterocycles. The molecule has 20 heavy (non-hydrogen) atoms. The van der Waals surface area contributed by atoms with Crippen LogP contribution in [0.25, 0.3) is 0 Å². The van der Waals surface area contributed by atoms with Gasteiger partial charge in [-0.25, -0.2) is 0 Å². The molecule has 0 heterocycles. The van der Waals surface area contributed by atoms with Gasteiger partial charge < -0.3 is 9.84 Å². The van der Waals surface area contributed by atoms with Crippen LogP contribution in [0.1, 0.15) is 59.1 Å². The summed E-state index contributed by atoms with van der Waals surface area (Å²) in [6.07, 6.45) is 1.38. The molecule has 0 aliphatic carbocycles. The number of hydrogen-bond acceptors (Lipinski definition) is 2. The Hall–Kier alpha value is -1.02. The Morgan fingerprint density at radius 1 is 1.15 bits per heavy atom. The fraction of sp³-hybridized carbons (Fsp3) is 0.667. The van der Waals surface area contributed by atoms with Crippen molar-refractivity contribution in [3.05, 3.63) is 29.3 Å². The van der Waals surface area contributed by atoms with Crippen LogP contribution < -0.4 is 4.74 Å². The number of aliphatic hydroxyl groups is 1. The Bertz CT molecular complexity index is 439. The van der Waals surface area contributed by atoms with Crippen molar-refractivity contribution in [2.75, 3.05) is 7.11 Å². The van der Waals surface area contributed by atoms with Crippen molar-refractivity contribution in [2.24, 2.45) is 5.41 Å². The predicted octanol–water partition coefficient (Wildman–Crippen LogP) is 4.33. The van der Waals surface area contributed by atoms with Crippen LogP contribution in [0, 0.1) is 5.41 Å². The molecule has 0 amide bonds. The van der Waals surface area contributed by atoms with E-state index in [9.17, 15) is 5.11 Å². The molecule has 0 aromatic heterocycles. The van der Waals surface area contributed by atoms with E-state index in [0.717, 1.165) is 17.7 Å². The summed E-state index contributed by atoms with van der Waals surface area (Å²) in [6, 6.07) is 6.37. The lowest BCUT2D eigenvalue weighted by molar-refractivity contribution is 0.194. The van der Waals surface area contributed by atoms with Gasteiger partial charge in [0.25, 0.3) is 0 Å². The quantitative estimate of drug-likeness (QED) is 0.868. The maximum atomic E-state index is 9.65. The van der Waals surface area contributed by atoms with E-state index in [0.29, 0.717) is 6.42 Å². The van der Waals surface area contributed by atoms with E-state index in [1.807, 2.05) is 13.0 Å². The van der Waals surface area contributed by atoms with Gasteiger partial charge in [0.05, 0.1) is 13.2 Å². The molecule has 0 saturated heterocycles. The third kappa shape index (κ3) is 4.82. The number of methoxy groups -OCH3 is 1. The lowest BCUT2D eigenvalue weighted by Crippen LogP contribution is -2.25. The highest BCUT2D eigenvalue weighted by molar-refractivity contribution is 5.40. The van der Waals surface area contributed by atoms with Gasteiger partial charge in [0.15, 0.2) is 0 Å². The predicted molar refractivity (Wildman–Crippen MR) is 85.5 cm³/mol. The fourth-order valence-corrected chi connectivity index (χ4v) is 3.11. The second kappa shape index (κ2) is 6.17. The van der Waals surface area contributed by atoms with Crippen molar-refractivity contribution in [3.8, 4) is 5.75 Å². The Morgan fingerprint density at radius 3 is 2.20 bits per heavy atom. The van der Waals surface area contributed by atoms with Gasteiger partial charge in [-0.1, -0.05) is 46.8 Å². The number of rotatable bonds is 5. The molecule has 0 spiro atoms. The highest BCUT2D eigenvalue weighted by Gasteiger charge is 2.27. The zero-order chi connectivity index (χ0) is 15.6. The summed E-state index contributed by atoms with van der Waals surface area (Å²) in [4.78, 5) is 0. The summed E-state index contributed by atoms with van der Waals surface area (Å²) in [5, 5.41) is 9.65. The Labute approximate surface area is 124 Å². The average molecular weight is 278 g/mol. The van der Waals surface area contributed by atoms with Crippen molar-refractivity contribution >= 4 is 0 Å². The van der Waals surface area contributed by atoms with Crippen LogP contribution in [0.2, 0.25) is 0 Å². The minimum atomic E-state index is -0.357. The lowest BCUT2D eigenvalue weighted by atomic mass is 9.72. The van der Waals surface area contributed by atoms with Gasteiger partial charge in [0.2, 0.25) is 0 Å². The van der Waals surface area contributed by atoms with E-state index < -0.39 is 0 Å². The first kappa shape index (κ1) is 17.0. The van der Waals surface area contributed by atoms with Gasteiger partial charge in [-0.15, -0.1) is 0 Å². The first-order valence-electron chi connectivity index (χ1n) is 7.40. The van der Waals surface area contributed by atoms with E-state index >= 15 is 0 Å². The van der Waals surface area contributed by atoms with E-state index in [2.05, 4.69) is 46.8 Å². The summed E-state index contributed by atoms with van der Waals surface area (Å²) < 4.78 is 5.40. The van der Waals surface area contributed by atoms with Gasteiger partial charge in [-0.3, -0.25) is 0 Å². The highest BCUT2D eigenvalue weighted by atomic mass is 16.5. The van der Waals surface area contributed by atoms with Crippen molar-refractivity contribution in [1.29, 1.82) is 0 Å². The number of benzene rings is 1. The van der Waals surface area contributed by atoms with Gasteiger partial charge in [-0.05, 0) is 41.4 Å². The Balaban J connectivity index is 3.13. The number of ether oxygens (including phenoxy) is 1. The smallest absolute Gasteiger partial charge is 0.122 e. The van der Waals surface area contributed by atoms with E-state index in [-0.39, 0.29) is 16.9 Å². The van der Waals surface area contributed by atoms with Crippen LogP contribution in [0.3, 0.4) is 0 Å². The molecule has 1 unspecified atom stereocenters. The van der Waals surface area contributed by atoms with E-state index in [4.69, 9.17) is 4.74 Å². The maximum absolute atomic E-state index is 9.65. The van der Waals surface area contributed by atoms with Crippen molar-refractivity contribution in [2.45, 2.75) is 65.9 Å². The number of hydrogen-bond donors (Lipinski definition) is 1. The van der Waals surface area contributed by atoms with Crippen molar-refractivity contribution < 1.29 is 9.84 Å². The molecule has 1 atom stereocenters. The molecule has 0 bridgehead atoms. The van der Waals surface area contributed by atoms with Gasteiger partial charge in [0, 0.05) is 6.42 Å². The normalized spacial score (nSPS) is 14.2. The van der Waals surface area contributed by atoms with Crippen LogP contribution in [-0.4, -0.2) is 18.3 Å². The molecule has 1 aromatic carbocycles. The summed E-state index contributed by atoms with van der Waals surface area (Å²) in [5.41, 5.74) is 2.79. The third-order valence-corrected chi connectivity index (χ3v) is 3.55. The van der Waals surface area contributed by atoms with Gasteiger partial charge in [-0.2, -0.15) is 0 Å². The minimum Gasteiger partial charge on any atom is -0.496 e. The molecular weight excluding hydrogens is 248 g/mol. The molecule has 0 saturated carbocycles. The molecule has 0 aliphatic rings. The Morgan fingerprint density at radius 2 is 1.75 bits per heavy atom. The molecule has 114 valence electrons. The molecule has 0 radical (unpaired) electrons. The fourth-order valence-electron chi connectivity index (χ4n) is 3.11. The first-order valence-corrected chi connectivity index (χ1v) is 7.40. The van der Waals surface area contributed by atoms with E-state index in [1.54, 1.807) is 7.11 Å². The zero-order valence-electron chi connectivity index (χ0n) is 14.1. The first-order chi connectivity index (χ1) is 9.05. The maximum Gasteiger partial charge on any atom is 0.122 e. The summed E-state index contributed by atoms with van der Waals surface area (Å²) in [5.74, 6) is 0.862. The standard InChI is InChI=1S/C18H30O2/c1-13(19)10-14-11-15(8-9-16(14)20-7)18(5,6)12-17(2,3)4/h8-9,11,13,19H,10,12H2,1-7H3. The second-order valence-corrected chi connectivity index (χ2v) is 7.70. The Kier molecular flexibility index (Phi) is 5.26. The lowest BCUT2D eigenvalue weighted by Gasteiger charge is -2.33. The van der Waals surface area contributed by atoms with Crippen LogP contribution >= 0.6 is 0 Å². The van der Waals surface area contributed by atoms with Crippen LogP contribution in [0.15, 0.2) is 18.2 Å². The molecule has 2 heteroatoms. The van der Waals surface area contributed by atoms with Crippen molar-refractivity contribution in [3.63, 3.8) is 0 Å². The number of aliphatic hydroxyl groups excluding tert-OH is 1. The molecule has 1 N–H and O–H groups in total. The van der Waals surface area contributed by atoms with Gasteiger partial charge >= 0.3 is 0 Å². The highest BCUT2D eigenvalue weighted by Crippen LogP contribution is 2.37. The van der Waals surface area contributed by atoms with E-state index in [1.165, 1.54) is 5.56 Å². The monoisotopic (exact) mass is 278 g/mol. The second-order valence-electron chi connectivity index (χ2n) is 7.70.